The van der Waals surface area contributed by atoms with Crippen molar-refractivity contribution in [2.24, 2.45) is 17.3 Å². The highest BCUT2D eigenvalue weighted by Crippen LogP contribution is 2.70. The summed E-state index contributed by atoms with van der Waals surface area (Å²) in [5, 5.41) is 11.5. The summed E-state index contributed by atoms with van der Waals surface area (Å²) in [6.45, 7) is 2.67. The Balaban J connectivity index is 1.21. The van der Waals surface area contributed by atoms with Gasteiger partial charge in [0, 0.05) is 36.4 Å². The summed E-state index contributed by atoms with van der Waals surface area (Å²) in [6, 6.07) is 17.3. The van der Waals surface area contributed by atoms with Gasteiger partial charge in [0.1, 0.15) is 5.60 Å². The number of likely N-dealkylation sites (tertiary alicyclic amines) is 1. The van der Waals surface area contributed by atoms with Crippen LogP contribution in [0.5, 0.6) is 0 Å². The number of ketones is 1. The molecule has 1 N–H and O–H groups in total. The first-order valence-electron chi connectivity index (χ1n) is 16.8. The van der Waals surface area contributed by atoms with Crippen molar-refractivity contribution in [2.75, 3.05) is 13.1 Å². The summed E-state index contributed by atoms with van der Waals surface area (Å²) >= 11 is 0. The van der Waals surface area contributed by atoms with Crippen LogP contribution in [0.15, 0.2) is 77.4 Å². The molecule has 0 aromatic heterocycles. The van der Waals surface area contributed by atoms with Gasteiger partial charge in [-0.3, -0.25) is 9.59 Å². The zero-order valence-corrected chi connectivity index (χ0v) is 26.5. The molecule has 2 saturated carbocycles. The maximum Gasteiger partial charge on any atom is 0.456 e. The van der Waals surface area contributed by atoms with Crippen LogP contribution in [0, 0.1) is 17.3 Å². The molecule has 5 aliphatic rings. The predicted octanol–water partition coefficient (Wildman–Crippen LogP) is 8.53. The van der Waals surface area contributed by atoms with Crippen molar-refractivity contribution in [3.63, 3.8) is 0 Å². The number of piperidine rings is 1. The minimum atomic E-state index is -5.89. The Morgan fingerprint density at radius 1 is 0.872 bits per heavy atom. The minimum absolute atomic E-state index is 0.0377. The third kappa shape index (κ3) is 5.01. The number of amides is 1. The maximum absolute atomic E-state index is 15.3. The summed E-state index contributed by atoms with van der Waals surface area (Å²) < 4.78 is 72.1. The lowest BCUT2D eigenvalue weighted by Gasteiger charge is -2.56. The molecule has 4 nitrogen and oxygen atoms in total. The van der Waals surface area contributed by atoms with Crippen LogP contribution in [0.25, 0.3) is 0 Å². The van der Waals surface area contributed by atoms with Crippen LogP contribution in [0.1, 0.15) is 98.0 Å². The van der Waals surface area contributed by atoms with Crippen molar-refractivity contribution < 1.29 is 36.6 Å². The highest BCUT2D eigenvalue weighted by molar-refractivity contribution is 5.94. The highest BCUT2D eigenvalue weighted by atomic mass is 19.4. The fourth-order valence-electron chi connectivity index (χ4n) is 9.90. The summed E-state index contributed by atoms with van der Waals surface area (Å²) in [4.78, 5) is 27.7. The molecule has 2 aromatic rings. The molecule has 1 amide bonds. The fourth-order valence-corrected chi connectivity index (χ4v) is 9.90. The van der Waals surface area contributed by atoms with Crippen LogP contribution >= 0.6 is 0 Å². The Kier molecular flexibility index (Phi) is 7.81. The van der Waals surface area contributed by atoms with Crippen molar-refractivity contribution in [2.45, 2.75) is 94.2 Å². The van der Waals surface area contributed by atoms with Crippen LogP contribution in [-0.2, 0) is 4.79 Å². The Morgan fingerprint density at radius 2 is 1.55 bits per heavy atom. The highest BCUT2D eigenvalue weighted by Gasteiger charge is 2.79. The number of fused-ring (bicyclic) bond motifs is 4. The average molecular weight is 654 g/mol. The summed E-state index contributed by atoms with van der Waals surface area (Å²) in [7, 11) is 0. The Hall–Kier alpha value is -3.33. The third-order valence-corrected chi connectivity index (χ3v) is 12.4. The lowest BCUT2D eigenvalue weighted by atomic mass is 9.50. The van der Waals surface area contributed by atoms with Crippen molar-refractivity contribution >= 4 is 11.7 Å². The van der Waals surface area contributed by atoms with Gasteiger partial charge in [0.25, 0.3) is 5.91 Å². The number of carbonyl (C=O) groups excluding carboxylic acids is 2. The largest absolute Gasteiger partial charge is 0.456 e. The van der Waals surface area contributed by atoms with E-state index in [1.54, 1.807) is 30.3 Å². The molecule has 0 radical (unpaired) electrons. The quantitative estimate of drug-likeness (QED) is 0.337. The fraction of sp³-hybridized carbons (Fsp3) is 0.526. The lowest BCUT2D eigenvalue weighted by molar-refractivity contribution is -0.362. The van der Waals surface area contributed by atoms with Crippen molar-refractivity contribution in [3.8, 4) is 0 Å². The molecular formula is C38H40F5NO3. The van der Waals surface area contributed by atoms with E-state index in [9.17, 15) is 27.9 Å². The van der Waals surface area contributed by atoms with Crippen LogP contribution in [0.3, 0.4) is 0 Å². The SMILES string of the molecule is CC12C[C@H](c3ccc(C(=O)N4CCC(c5ccccc5)CC4)cc3)C3=C4CCC(=O)C=C4CCC3[C@@H]1CC[C@@]2(O)C(F)(F)C(F)(F)F. The second-order valence-corrected chi connectivity index (χ2v) is 14.6. The summed E-state index contributed by atoms with van der Waals surface area (Å²) in [6.07, 6.45) is -1.25. The van der Waals surface area contributed by atoms with Gasteiger partial charge in [0.2, 0.25) is 0 Å². The zero-order valence-electron chi connectivity index (χ0n) is 26.5. The summed E-state index contributed by atoms with van der Waals surface area (Å²) in [5.41, 5.74) is 0.485. The van der Waals surface area contributed by atoms with Gasteiger partial charge in [-0.15, -0.1) is 0 Å². The van der Waals surface area contributed by atoms with Crippen molar-refractivity contribution in [1.82, 2.24) is 4.90 Å². The Labute approximate surface area is 271 Å². The van der Waals surface area contributed by atoms with Gasteiger partial charge in [0.05, 0.1) is 0 Å². The molecule has 1 saturated heterocycles. The molecule has 3 fully saturated rings. The topological polar surface area (TPSA) is 57.6 Å². The van der Waals surface area contributed by atoms with E-state index in [1.165, 1.54) is 12.5 Å². The molecule has 2 unspecified atom stereocenters. The molecule has 0 bridgehead atoms. The monoisotopic (exact) mass is 653 g/mol. The van der Waals surface area contributed by atoms with E-state index in [0.717, 1.165) is 35.1 Å². The number of benzene rings is 2. The van der Waals surface area contributed by atoms with Gasteiger partial charge < -0.3 is 10.0 Å². The molecular weight excluding hydrogens is 613 g/mol. The first-order valence-corrected chi connectivity index (χ1v) is 16.8. The maximum atomic E-state index is 15.3. The number of nitrogens with zero attached hydrogens (tertiary/aromatic N) is 1. The Morgan fingerprint density at radius 3 is 2.21 bits per heavy atom. The standard InChI is InChI=1S/C38H40F5NO3/c1-35-22-31(25-7-9-26(10-8-25)34(46)44-19-16-24(17-20-44)23-5-3-2-4-6-23)33-29-14-12-28(45)21-27(29)11-13-30(33)32(35)15-18-36(35,47)37(39,40)38(41,42)43/h2-10,21,24,30-32,47H,11-20,22H2,1H3/t30?,31-,32+,35?,36+/m1/s1. The predicted molar refractivity (Wildman–Crippen MR) is 167 cm³/mol. The Bertz CT molecular complexity index is 1620. The number of allylic oxidation sites excluding steroid dienone is 4. The number of rotatable bonds is 4. The molecule has 0 spiro atoms. The molecule has 9 heteroatoms. The average Bonchev–Trinajstić information content (AvgIpc) is 3.35. The third-order valence-electron chi connectivity index (χ3n) is 12.4. The number of halogens is 5. The first-order chi connectivity index (χ1) is 22.2. The van der Waals surface area contributed by atoms with Crippen LogP contribution in [0.4, 0.5) is 22.0 Å². The first kappa shape index (κ1) is 32.2. The second-order valence-electron chi connectivity index (χ2n) is 14.6. The van der Waals surface area contributed by atoms with E-state index >= 15 is 8.78 Å². The minimum Gasteiger partial charge on any atom is -0.383 e. The van der Waals surface area contributed by atoms with Crippen molar-refractivity contribution in [1.29, 1.82) is 0 Å². The lowest BCUT2D eigenvalue weighted by Crippen LogP contribution is -2.65. The van der Waals surface area contributed by atoms with E-state index in [-0.39, 0.29) is 30.4 Å². The molecule has 5 atom stereocenters. The van der Waals surface area contributed by atoms with Gasteiger partial charge in [-0.05, 0) is 110 Å². The molecule has 47 heavy (non-hydrogen) atoms. The second kappa shape index (κ2) is 11.4. The van der Waals surface area contributed by atoms with Gasteiger partial charge in [-0.1, -0.05) is 55.0 Å². The number of hydrogen-bond donors (Lipinski definition) is 1. The molecule has 250 valence electrons. The van der Waals surface area contributed by atoms with E-state index in [4.69, 9.17) is 0 Å². The number of alkyl halides is 5. The smallest absolute Gasteiger partial charge is 0.383 e. The van der Waals surface area contributed by atoms with E-state index < -0.39 is 41.4 Å². The normalized spacial score (nSPS) is 31.6. The molecule has 2 aromatic carbocycles. The van der Waals surface area contributed by atoms with Gasteiger partial charge >= 0.3 is 12.1 Å². The van der Waals surface area contributed by atoms with Crippen molar-refractivity contribution in [3.05, 3.63) is 94.1 Å². The van der Waals surface area contributed by atoms with E-state index in [2.05, 4.69) is 12.1 Å². The van der Waals surface area contributed by atoms with Crippen LogP contribution in [0.2, 0.25) is 0 Å². The van der Waals surface area contributed by atoms with E-state index in [0.29, 0.717) is 50.3 Å². The van der Waals surface area contributed by atoms with E-state index in [1.807, 2.05) is 23.1 Å². The number of carbonyl (C=O) groups is 2. The zero-order chi connectivity index (χ0) is 33.4. The molecule has 7 rings (SSSR count). The molecule has 1 heterocycles. The summed E-state index contributed by atoms with van der Waals surface area (Å²) in [5.74, 6) is -6.32. The van der Waals surface area contributed by atoms with Gasteiger partial charge in [-0.2, -0.15) is 22.0 Å². The van der Waals surface area contributed by atoms with Gasteiger partial charge in [0.15, 0.2) is 5.78 Å². The molecule has 4 aliphatic carbocycles. The number of aliphatic hydroxyl groups is 1. The number of hydrogen-bond acceptors (Lipinski definition) is 3. The van der Waals surface area contributed by atoms with Crippen LogP contribution < -0.4 is 0 Å². The van der Waals surface area contributed by atoms with Crippen LogP contribution in [-0.4, -0.2) is 52.5 Å². The van der Waals surface area contributed by atoms with Gasteiger partial charge in [-0.25, -0.2) is 0 Å². The molecule has 1 aliphatic heterocycles.